The number of rotatable bonds is 10. The molecule has 7 nitrogen and oxygen atoms in total. The van der Waals surface area contributed by atoms with E-state index in [2.05, 4.69) is 0 Å². The van der Waals surface area contributed by atoms with Crippen LogP contribution in [-0.2, 0) is 9.59 Å². The Balaban J connectivity index is 1.83. The highest BCUT2D eigenvalue weighted by Gasteiger charge is 2.47. The molecule has 1 amide bonds. The first kappa shape index (κ1) is 25.8. The number of Topliss-reactive ketones (excluding diaryl/α,β-unsaturated/α-hetero) is 1. The van der Waals surface area contributed by atoms with E-state index in [0.717, 1.165) is 6.42 Å². The van der Waals surface area contributed by atoms with Crippen LogP contribution in [0.15, 0.2) is 78.4 Å². The molecule has 0 aliphatic carbocycles. The van der Waals surface area contributed by atoms with E-state index in [1.54, 1.807) is 72.8 Å². The predicted molar refractivity (Wildman–Crippen MR) is 142 cm³/mol. The van der Waals surface area contributed by atoms with Crippen LogP contribution in [0.5, 0.6) is 17.2 Å². The number of ketones is 1. The Labute approximate surface area is 216 Å². The van der Waals surface area contributed by atoms with Crippen LogP contribution in [0, 0.1) is 0 Å². The smallest absolute Gasteiger partial charge is 0.300 e. The topological polar surface area (TPSA) is 85.3 Å². The molecule has 7 heteroatoms. The van der Waals surface area contributed by atoms with Crippen molar-refractivity contribution in [2.45, 2.75) is 33.2 Å². The molecule has 0 spiro atoms. The number of hydrogen-bond donors (Lipinski definition) is 1. The molecule has 1 heterocycles. The second kappa shape index (κ2) is 11.6. The Kier molecular flexibility index (Phi) is 8.13. The summed E-state index contributed by atoms with van der Waals surface area (Å²) in [6.45, 7) is 7.34. The zero-order valence-electron chi connectivity index (χ0n) is 21.3. The molecule has 1 aliphatic heterocycles. The lowest BCUT2D eigenvalue weighted by Gasteiger charge is -2.26. The molecule has 1 N–H and O–H groups in total. The van der Waals surface area contributed by atoms with Crippen molar-refractivity contribution in [2.75, 3.05) is 24.7 Å². The summed E-state index contributed by atoms with van der Waals surface area (Å²) >= 11 is 0. The summed E-state index contributed by atoms with van der Waals surface area (Å²) in [6, 6.07) is 20.2. The molecule has 0 radical (unpaired) electrons. The number of carbonyl (C=O) groups excluding carboxylic acids is 2. The fourth-order valence-electron chi connectivity index (χ4n) is 4.30. The summed E-state index contributed by atoms with van der Waals surface area (Å²) in [4.78, 5) is 28.2. The lowest BCUT2D eigenvalue weighted by molar-refractivity contribution is -0.132. The molecule has 3 aromatic carbocycles. The van der Waals surface area contributed by atoms with Crippen molar-refractivity contribution in [3.63, 3.8) is 0 Å². The third-order valence-corrected chi connectivity index (χ3v) is 5.96. The molecule has 4 rings (SSSR count). The van der Waals surface area contributed by atoms with E-state index in [0.29, 0.717) is 53.9 Å². The molecule has 0 aromatic heterocycles. The summed E-state index contributed by atoms with van der Waals surface area (Å²) in [5.74, 6) is 0.179. The first-order valence-electron chi connectivity index (χ1n) is 12.5. The van der Waals surface area contributed by atoms with Gasteiger partial charge in [0.05, 0.1) is 31.4 Å². The second-order valence-electron chi connectivity index (χ2n) is 8.47. The molecule has 3 aromatic rings. The molecule has 1 fully saturated rings. The fraction of sp³-hybridized carbons (Fsp3) is 0.267. The van der Waals surface area contributed by atoms with E-state index >= 15 is 0 Å². The minimum atomic E-state index is -0.844. The lowest BCUT2D eigenvalue weighted by atomic mass is 9.95. The van der Waals surface area contributed by atoms with Gasteiger partial charge in [-0.05, 0) is 74.4 Å². The zero-order valence-corrected chi connectivity index (χ0v) is 21.3. The summed E-state index contributed by atoms with van der Waals surface area (Å²) < 4.78 is 16.8. The van der Waals surface area contributed by atoms with Crippen LogP contribution in [0.25, 0.3) is 5.76 Å². The average Bonchev–Trinajstić information content (AvgIpc) is 3.18. The summed E-state index contributed by atoms with van der Waals surface area (Å²) in [7, 11) is 0. The molecule has 0 saturated carbocycles. The Morgan fingerprint density at radius 2 is 1.43 bits per heavy atom. The van der Waals surface area contributed by atoms with Crippen molar-refractivity contribution in [1.82, 2.24) is 0 Å². The van der Waals surface area contributed by atoms with Gasteiger partial charge in [-0.1, -0.05) is 25.1 Å². The van der Waals surface area contributed by atoms with Crippen LogP contribution in [0.2, 0.25) is 0 Å². The van der Waals surface area contributed by atoms with Crippen LogP contribution >= 0.6 is 0 Å². The first-order valence-corrected chi connectivity index (χ1v) is 12.5. The van der Waals surface area contributed by atoms with Gasteiger partial charge in [0.2, 0.25) is 0 Å². The van der Waals surface area contributed by atoms with Crippen molar-refractivity contribution < 1.29 is 28.9 Å². The van der Waals surface area contributed by atoms with Gasteiger partial charge in [-0.3, -0.25) is 14.5 Å². The monoisotopic (exact) mass is 501 g/mol. The number of aliphatic hydroxyl groups excluding tert-OH is 1. The van der Waals surface area contributed by atoms with Crippen LogP contribution in [0.1, 0.15) is 44.4 Å². The Hall–Kier alpha value is -4.26. The van der Waals surface area contributed by atoms with Gasteiger partial charge in [-0.15, -0.1) is 0 Å². The van der Waals surface area contributed by atoms with Crippen LogP contribution < -0.4 is 19.1 Å². The fourth-order valence-corrected chi connectivity index (χ4v) is 4.30. The number of aliphatic hydroxyl groups is 1. The van der Waals surface area contributed by atoms with Crippen LogP contribution in [0.4, 0.5) is 5.69 Å². The highest BCUT2D eigenvalue weighted by molar-refractivity contribution is 6.51. The normalized spacial score (nSPS) is 16.6. The molecule has 1 saturated heterocycles. The molecule has 0 bridgehead atoms. The number of carbonyl (C=O) groups is 2. The van der Waals surface area contributed by atoms with Gasteiger partial charge < -0.3 is 19.3 Å². The van der Waals surface area contributed by atoms with Gasteiger partial charge in [0, 0.05) is 17.3 Å². The maximum absolute atomic E-state index is 13.4. The third kappa shape index (κ3) is 5.45. The largest absolute Gasteiger partial charge is 0.507 e. The summed E-state index contributed by atoms with van der Waals surface area (Å²) in [5, 5.41) is 11.3. The van der Waals surface area contributed by atoms with Gasteiger partial charge in [-0.25, -0.2) is 0 Å². The van der Waals surface area contributed by atoms with Gasteiger partial charge in [-0.2, -0.15) is 0 Å². The van der Waals surface area contributed by atoms with E-state index in [1.165, 1.54) is 4.90 Å². The van der Waals surface area contributed by atoms with Gasteiger partial charge in [0.1, 0.15) is 23.0 Å². The number of ether oxygens (including phenoxy) is 3. The molecule has 37 heavy (non-hydrogen) atoms. The van der Waals surface area contributed by atoms with Gasteiger partial charge in [0.25, 0.3) is 11.7 Å². The van der Waals surface area contributed by atoms with Crippen molar-refractivity contribution in [2.24, 2.45) is 0 Å². The summed E-state index contributed by atoms with van der Waals surface area (Å²) in [6.07, 6.45) is 0.873. The van der Waals surface area contributed by atoms with Gasteiger partial charge in [0.15, 0.2) is 0 Å². The molecule has 1 aliphatic rings. The second-order valence-corrected chi connectivity index (χ2v) is 8.47. The minimum Gasteiger partial charge on any atom is -0.507 e. The maximum atomic E-state index is 13.4. The third-order valence-electron chi connectivity index (χ3n) is 5.96. The van der Waals surface area contributed by atoms with E-state index in [4.69, 9.17) is 14.2 Å². The molecular formula is C30H31NO6. The van der Waals surface area contributed by atoms with Crippen LogP contribution in [0.3, 0.4) is 0 Å². The zero-order chi connectivity index (χ0) is 26.4. The van der Waals surface area contributed by atoms with Crippen LogP contribution in [-0.4, -0.2) is 36.6 Å². The Morgan fingerprint density at radius 3 is 2.08 bits per heavy atom. The highest BCUT2D eigenvalue weighted by Crippen LogP contribution is 2.43. The lowest BCUT2D eigenvalue weighted by Crippen LogP contribution is -2.29. The number of benzene rings is 3. The highest BCUT2D eigenvalue weighted by atomic mass is 16.5. The first-order chi connectivity index (χ1) is 18.0. The predicted octanol–water partition coefficient (Wildman–Crippen LogP) is 5.90. The molecular weight excluding hydrogens is 470 g/mol. The molecule has 1 atom stereocenters. The quantitative estimate of drug-likeness (QED) is 0.212. The number of nitrogens with zero attached hydrogens (tertiary/aromatic N) is 1. The van der Waals surface area contributed by atoms with E-state index in [9.17, 15) is 14.7 Å². The van der Waals surface area contributed by atoms with E-state index < -0.39 is 17.7 Å². The maximum Gasteiger partial charge on any atom is 0.300 e. The SMILES string of the molecule is CCCOc1ccc(/C(O)=C2\C(=O)C(=O)N(c3cccc(OCC)c3)C2c2ccc(OCC)cc2)cc1. The molecule has 192 valence electrons. The van der Waals surface area contributed by atoms with Crippen molar-refractivity contribution in [1.29, 1.82) is 0 Å². The Bertz CT molecular complexity index is 1280. The average molecular weight is 502 g/mol. The van der Waals surface area contributed by atoms with E-state index in [1.807, 2.05) is 20.8 Å². The minimum absolute atomic E-state index is 0.0122. The van der Waals surface area contributed by atoms with Crippen molar-refractivity contribution in [3.05, 3.63) is 89.5 Å². The van der Waals surface area contributed by atoms with Gasteiger partial charge >= 0.3 is 0 Å². The standard InChI is InChI=1S/C30H31NO6/c1-4-18-37-24-16-12-21(13-17-24)28(32)26-27(20-10-14-23(15-11-20)35-5-2)31(30(34)29(26)33)22-8-7-9-25(19-22)36-6-3/h7-17,19,27,32H,4-6,18H2,1-3H3/b28-26+. The van der Waals surface area contributed by atoms with Crippen molar-refractivity contribution >= 4 is 23.1 Å². The number of hydrogen-bond acceptors (Lipinski definition) is 6. The number of anilines is 1. The van der Waals surface area contributed by atoms with Crippen molar-refractivity contribution in [3.8, 4) is 17.2 Å². The van der Waals surface area contributed by atoms with E-state index in [-0.39, 0.29) is 11.3 Å². The Morgan fingerprint density at radius 1 is 0.811 bits per heavy atom. The summed E-state index contributed by atoms with van der Waals surface area (Å²) in [5.41, 5.74) is 1.59. The molecule has 1 unspecified atom stereocenters. The number of amides is 1.